The molecule has 4 heteroatoms. The van der Waals surface area contributed by atoms with Gasteiger partial charge in [-0.3, -0.25) is 0 Å². The van der Waals surface area contributed by atoms with Crippen molar-refractivity contribution in [3.63, 3.8) is 0 Å². The largest absolute Gasteiger partial charge is 0.457 e. The fraction of sp³-hybridized carbons (Fsp3) is 0.263. The summed E-state index contributed by atoms with van der Waals surface area (Å²) in [4.78, 5) is 0. The third-order valence-corrected chi connectivity index (χ3v) is 3.85. The lowest BCUT2D eigenvalue weighted by molar-refractivity contribution is 0.343. The Bertz CT molecular complexity index is 661. The molecule has 0 aliphatic heterocycles. The van der Waals surface area contributed by atoms with Crippen LogP contribution in [0.1, 0.15) is 31.7 Å². The van der Waals surface area contributed by atoms with E-state index in [2.05, 4.69) is 6.92 Å². The zero-order valence-corrected chi connectivity index (χ0v) is 14.6. The number of allylic oxidation sites excluding steroid dienone is 1. The van der Waals surface area contributed by atoms with Crippen LogP contribution in [0, 0.1) is 0 Å². The van der Waals surface area contributed by atoms with Gasteiger partial charge in [-0.05, 0) is 54.3 Å². The molecular formula is C19H20Cl2O2. The number of hydrogen-bond donors (Lipinski definition) is 1. The molecule has 122 valence electrons. The van der Waals surface area contributed by atoms with Crippen LogP contribution in [0.4, 0.5) is 0 Å². The maximum Gasteiger partial charge on any atom is 0.130 e. The lowest BCUT2D eigenvalue weighted by Crippen LogP contribution is -1.90. The first-order chi connectivity index (χ1) is 11.1. The van der Waals surface area contributed by atoms with E-state index in [-0.39, 0.29) is 6.61 Å². The summed E-state index contributed by atoms with van der Waals surface area (Å²) in [7, 11) is 0. The second-order valence-electron chi connectivity index (χ2n) is 5.25. The Balaban J connectivity index is 2.23. The molecule has 0 bridgehead atoms. The summed E-state index contributed by atoms with van der Waals surface area (Å²) in [6.45, 7) is 2.19. The van der Waals surface area contributed by atoms with Crippen molar-refractivity contribution in [2.24, 2.45) is 0 Å². The zero-order chi connectivity index (χ0) is 16.7. The lowest BCUT2D eigenvalue weighted by atomic mass is 10.00. The zero-order valence-electron chi connectivity index (χ0n) is 13.1. The molecule has 0 saturated carbocycles. The summed E-state index contributed by atoms with van der Waals surface area (Å²) in [6.07, 6.45) is 4.98. The number of ether oxygens (including phenoxy) is 1. The van der Waals surface area contributed by atoms with Crippen LogP contribution in [0.5, 0.6) is 11.5 Å². The Morgan fingerprint density at radius 3 is 2.48 bits per heavy atom. The van der Waals surface area contributed by atoms with Gasteiger partial charge in [-0.15, -0.1) is 0 Å². The van der Waals surface area contributed by atoms with E-state index >= 15 is 0 Å². The molecule has 0 atom stereocenters. The minimum Gasteiger partial charge on any atom is -0.457 e. The monoisotopic (exact) mass is 350 g/mol. The third-order valence-electron chi connectivity index (χ3n) is 3.41. The summed E-state index contributed by atoms with van der Waals surface area (Å²) in [5.74, 6) is 1.31. The van der Waals surface area contributed by atoms with Gasteiger partial charge in [-0.1, -0.05) is 54.8 Å². The average Bonchev–Trinajstić information content (AvgIpc) is 2.50. The molecule has 0 fully saturated rings. The van der Waals surface area contributed by atoms with E-state index < -0.39 is 0 Å². The van der Waals surface area contributed by atoms with E-state index in [0.29, 0.717) is 21.5 Å². The minimum absolute atomic E-state index is 0.0357. The molecule has 0 amide bonds. The Hall–Kier alpha value is -1.48. The average molecular weight is 351 g/mol. The predicted octanol–water partition coefficient (Wildman–Crippen LogP) is 6.35. The third kappa shape index (κ3) is 5.58. The SMILES string of the molecule is CCCC/C(=C\CO)c1cccc(Oc2cc(Cl)cc(Cl)c2)c1. The Kier molecular flexibility index (Phi) is 6.97. The molecule has 1 N–H and O–H groups in total. The van der Waals surface area contributed by atoms with Crippen molar-refractivity contribution in [2.45, 2.75) is 26.2 Å². The van der Waals surface area contributed by atoms with Gasteiger partial charge in [0.2, 0.25) is 0 Å². The van der Waals surface area contributed by atoms with Gasteiger partial charge in [0, 0.05) is 10.0 Å². The van der Waals surface area contributed by atoms with Crippen LogP contribution in [0.15, 0.2) is 48.5 Å². The van der Waals surface area contributed by atoms with E-state index in [0.717, 1.165) is 30.4 Å². The number of aliphatic hydroxyl groups is 1. The van der Waals surface area contributed by atoms with Gasteiger partial charge < -0.3 is 9.84 Å². The van der Waals surface area contributed by atoms with Gasteiger partial charge in [0.25, 0.3) is 0 Å². The quantitative estimate of drug-likeness (QED) is 0.630. The van der Waals surface area contributed by atoms with E-state index in [1.54, 1.807) is 18.2 Å². The molecule has 0 aromatic heterocycles. The maximum absolute atomic E-state index is 9.23. The van der Waals surface area contributed by atoms with Crippen LogP contribution in [0.2, 0.25) is 10.0 Å². The van der Waals surface area contributed by atoms with Crippen molar-refractivity contribution < 1.29 is 9.84 Å². The van der Waals surface area contributed by atoms with Crippen molar-refractivity contribution in [1.29, 1.82) is 0 Å². The van der Waals surface area contributed by atoms with Crippen LogP contribution in [0.3, 0.4) is 0 Å². The molecule has 0 aliphatic carbocycles. The van der Waals surface area contributed by atoms with Crippen molar-refractivity contribution in [3.8, 4) is 11.5 Å². The lowest BCUT2D eigenvalue weighted by Gasteiger charge is -2.11. The van der Waals surface area contributed by atoms with Crippen molar-refractivity contribution in [1.82, 2.24) is 0 Å². The summed E-state index contributed by atoms with van der Waals surface area (Å²) in [5, 5.41) is 10.3. The number of unbranched alkanes of at least 4 members (excludes halogenated alkanes) is 1. The van der Waals surface area contributed by atoms with Crippen molar-refractivity contribution >= 4 is 28.8 Å². The van der Waals surface area contributed by atoms with Crippen LogP contribution in [-0.2, 0) is 0 Å². The molecule has 2 nitrogen and oxygen atoms in total. The number of benzene rings is 2. The molecule has 0 spiro atoms. The first-order valence-electron chi connectivity index (χ1n) is 7.66. The Morgan fingerprint density at radius 2 is 1.83 bits per heavy atom. The Morgan fingerprint density at radius 1 is 1.09 bits per heavy atom. The van der Waals surface area contributed by atoms with Gasteiger partial charge in [-0.2, -0.15) is 0 Å². The Labute approximate surface area is 147 Å². The number of rotatable bonds is 7. The molecule has 0 unspecified atom stereocenters. The first-order valence-corrected chi connectivity index (χ1v) is 8.42. The fourth-order valence-electron chi connectivity index (χ4n) is 2.32. The van der Waals surface area contributed by atoms with Gasteiger partial charge >= 0.3 is 0 Å². The molecule has 23 heavy (non-hydrogen) atoms. The molecule has 0 saturated heterocycles. The maximum atomic E-state index is 9.23. The smallest absolute Gasteiger partial charge is 0.130 e. The highest BCUT2D eigenvalue weighted by molar-refractivity contribution is 6.34. The van der Waals surface area contributed by atoms with Gasteiger partial charge in [0.05, 0.1) is 6.61 Å². The van der Waals surface area contributed by atoms with Gasteiger partial charge in [0.15, 0.2) is 0 Å². The topological polar surface area (TPSA) is 29.5 Å². The summed E-state index contributed by atoms with van der Waals surface area (Å²) < 4.78 is 5.85. The van der Waals surface area contributed by atoms with E-state index in [4.69, 9.17) is 27.9 Å². The van der Waals surface area contributed by atoms with Crippen LogP contribution in [-0.4, -0.2) is 11.7 Å². The highest BCUT2D eigenvalue weighted by Gasteiger charge is 2.05. The standard InChI is InChI=1S/C19H20Cl2O2/c1-2-3-5-14(8-9-22)15-6-4-7-18(10-15)23-19-12-16(20)11-17(21)13-19/h4,6-8,10-13,22H,2-3,5,9H2,1H3/b14-8+. The molecule has 2 aromatic carbocycles. The molecule has 0 aliphatic rings. The second-order valence-corrected chi connectivity index (χ2v) is 6.12. The van der Waals surface area contributed by atoms with E-state index in [1.807, 2.05) is 30.3 Å². The normalized spacial score (nSPS) is 11.6. The molecular weight excluding hydrogens is 331 g/mol. The number of hydrogen-bond acceptors (Lipinski definition) is 2. The minimum atomic E-state index is 0.0357. The highest BCUT2D eigenvalue weighted by atomic mass is 35.5. The second kappa shape index (κ2) is 8.97. The molecule has 0 radical (unpaired) electrons. The number of halogens is 2. The fourth-order valence-corrected chi connectivity index (χ4v) is 2.83. The van der Waals surface area contributed by atoms with Crippen molar-refractivity contribution in [2.75, 3.05) is 6.61 Å². The summed E-state index contributed by atoms with van der Waals surface area (Å²) >= 11 is 12.0. The number of aliphatic hydroxyl groups excluding tert-OH is 1. The highest BCUT2D eigenvalue weighted by Crippen LogP contribution is 2.30. The van der Waals surface area contributed by atoms with Gasteiger partial charge in [0.1, 0.15) is 11.5 Å². The predicted molar refractivity (Wildman–Crippen MR) is 97.6 cm³/mol. The molecule has 0 heterocycles. The van der Waals surface area contributed by atoms with E-state index in [1.165, 1.54) is 0 Å². The van der Waals surface area contributed by atoms with E-state index in [9.17, 15) is 5.11 Å². The molecule has 2 aromatic rings. The first kappa shape index (κ1) is 17.9. The van der Waals surface area contributed by atoms with Gasteiger partial charge in [-0.25, -0.2) is 0 Å². The van der Waals surface area contributed by atoms with Crippen LogP contribution >= 0.6 is 23.2 Å². The van der Waals surface area contributed by atoms with Crippen LogP contribution < -0.4 is 4.74 Å². The van der Waals surface area contributed by atoms with Crippen LogP contribution in [0.25, 0.3) is 5.57 Å². The summed E-state index contributed by atoms with van der Waals surface area (Å²) in [5.41, 5.74) is 2.18. The summed E-state index contributed by atoms with van der Waals surface area (Å²) in [6, 6.07) is 12.9. The van der Waals surface area contributed by atoms with Crippen molar-refractivity contribution in [3.05, 3.63) is 64.1 Å². The molecule has 2 rings (SSSR count).